The van der Waals surface area contributed by atoms with Crippen molar-refractivity contribution in [1.82, 2.24) is 0 Å². The molecule has 0 bridgehead atoms. The molecule has 0 heterocycles. The maximum absolute atomic E-state index is 6.21. The predicted octanol–water partition coefficient (Wildman–Crippen LogP) is 4.96. The van der Waals surface area contributed by atoms with Crippen molar-refractivity contribution in [3.63, 3.8) is 0 Å². The van der Waals surface area contributed by atoms with E-state index >= 15 is 0 Å². The van der Waals surface area contributed by atoms with Gasteiger partial charge in [0.05, 0.1) is 0 Å². The van der Waals surface area contributed by atoms with Crippen LogP contribution in [-0.2, 0) is 0 Å². The number of hydrogen-bond donors (Lipinski definition) is 0. The predicted molar refractivity (Wildman–Crippen MR) is 73.2 cm³/mol. The lowest BCUT2D eigenvalue weighted by Crippen LogP contribution is -1.79. The standard InChI is InChI=1S/C16H10Cl/c17-16-8-4-7-13-9-10-14(11-15(13)16)12-5-2-1-3-6-12/h1-5,7-11H. The van der Waals surface area contributed by atoms with Crippen molar-refractivity contribution in [1.29, 1.82) is 0 Å². The van der Waals surface area contributed by atoms with Gasteiger partial charge in [0.25, 0.3) is 0 Å². The van der Waals surface area contributed by atoms with E-state index in [4.69, 9.17) is 11.6 Å². The molecule has 0 aliphatic carbocycles. The first kappa shape index (κ1) is 10.4. The van der Waals surface area contributed by atoms with Crippen molar-refractivity contribution in [2.24, 2.45) is 0 Å². The number of halogens is 1. The van der Waals surface area contributed by atoms with Gasteiger partial charge in [-0.25, -0.2) is 0 Å². The lowest BCUT2D eigenvalue weighted by molar-refractivity contribution is 1.63. The van der Waals surface area contributed by atoms with E-state index in [2.05, 4.69) is 36.4 Å². The van der Waals surface area contributed by atoms with Gasteiger partial charge in [-0.05, 0) is 34.7 Å². The minimum absolute atomic E-state index is 0.792. The molecule has 0 atom stereocenters. The Balaban J connectivity index is 2.23. The molecule has 0 nitrogen and oxygen atoms in total. The Labute approximate surface area is 105 Å². The molecule has 0 amide bonds. The molecule has 1 radical (unpaired) electrons. The van der Waals surface area contributed by atoms with Gasteiger partial charge in [0.1, 0.15) is 0 Å². The normalized spacial score (nSPS) is 10.6. The first-order valence-electron chi connectivity index (χ1n) is 5.50. The molecule has 0 N–H and O–H groups in total. The maximum atomic E-state index is 6.21. The first-order valence-corrected chi connectivity index (χ1v) is 5.88. The number of hydrogen-bond acceptors (Lipinski definition) is 0. The first-order chi connectivity index (χ1) is 8.34. The number of rotatable bonds is 1. The Morgan fingerprint density at radius 2 is 1.82 bits per heavy atom. The summed E-state index contributed by atoms with van der Waals surface area (Å²) >= 11 is 6.21. The smallest absolute Gasteiger partial charge is 0.0484 e. The van der Waals surface area contributed by atoms with E-state index in [1.165, 1.54) is 0 Å². The van der Waals surface area contributed by atoms with Crippen LogP contribution >= 0.6 is 11.6 Å². The fourth-order valence-corrected chi connectivity index (χ4v) is 2.21. The molecule has 0 aliphatic heterocycles. The van der Waals surface area contributed by atoms with Crippen molar-refractivity contribution >= 4 is 22.4 Å². The third-order valence-corrected chi connectivity index (χ3v) is 3.18. The van der Waals surface area contributed by atoms with E-state index in [9.17, 15) is 0 Å². The maximum Gasteiger partial charge on any atom is 0.0484 e. The lowest BCUT2D eigenvalue weighted by Gasteiger charge is -2.05. The van der Waals surface area contributed by atoms with Gasteiger partial charge in [-0.1, -0.05) is 60.1 Å². The van der Waals surface area contributed by atoms with E-state index in [1.54, 1.807) is 0 Å². The second-order valence-electron chi connectivity index (χ2n) is 3.95. The van der Waals surface area contributed by atoms with E-state index in [1.807, 2.05) is 30.3 Å². The quantitative estimate of drug-likeness (QED) is 0.561. The van der Waals surface area contributed by atoms with Gasteiger partial charge in [-0.3, -0.25) is 0 Å². The second-order valence-corrected chi connectivity index (χ2v) is 4.36. The highest BCUT2D eigenvalue weighted by Gasteiger charge is 2.01. The molecular weight excluding hydrogens is 228 g/mol. The molecule has 81 valence electrons. The van der Waals surface area contributed by atoms with Crippen molar-refractivity contribution < 1.29 is 0 Å². The average Bonchev–Trinajstić information content (AvgIpc) is 2.40. The molecular formula is C16H10Cl. The Morgan fingerprint density at radius 3 is 2.65 bits per heavy atom. The molecule has 0 saturated heterocycles. The summed E-state index contributed by atoms with van der Waals surface area (Å²) in [6, 6.07) is 23.5. The van der Waals surface area contributed by atoms with Gasteiger partial charge in [0.2, 0.25) is 0 Å². The molecule has 17 heavy (non-hydrogen) atoms. The topological polar surface area (TPSA) is 0 Å². The van der Waals surface area contributed by atoms with Crippen LogP contribution in [0.1, 0.15) is 0 Å². The van der Waals surface area contributed by atoms with Crippen molar-refractivity contribution in [2.45, 2.75) is 0 Å². The minimum atomic E-state index is 0.792. The minimum Gasteiger partial charge on any atom is -0.0837 e. The Bertz CT molecular complexity index is 657. The van der Waals surface area contributed by atoms with Crippen LogP contribution in [0.3, 0.4) is 0 Å². The monoisotopic (exact) mass is 237 g/mol. The number of benzene rings is 3. The third-order valence-electron chi connectivity index (χ3n) is 2.85. The fraction of sp³-hybridized carbons (Fsp3) is 0. The summed E-state index contributed by atoms with van der Waals surface area (Å²) < 4.78 is 0. The zero-order valence-corrected chi connectivity index (χ0v) is 9.91. The summed E-state index contributed by atoms with van der Waals surface area (Å²) in [5, 5.41) is 3.04. The zero-order chi connectivity index (χ0) is 11.7. The van der Waals surface area contributed by atoms with Crippen LogP contribution in [0.2, 0.25) is 5.02 Å². The van der Waals surface area contributed by atoms with E-state index in [0.29, 0.717) is 0 Å². The highest BCUT2D eigenvalue weighted by molar-refractivity contribution is 6.35. The Kier molecular flexibility index (Phi) is 2.58. The van der Waals surface area contributed by atoms with Gasteiger partial charge < -0.3 is 0 Å². The number of fused-ring (bicyclic) bond motifs is 1. The van der Waals surface area contributed by atoms with Gasteiger partial charge in [0, 0.05) is 10.4 Å². The summed E-state index contributed by atoms with van der Waals surface area (Å²) in [5.74, 6) is 0. The molecule has 3 aromatic rings. The van der Waals surface area contributed by atoms with Crippen LogP contribution in [0, 0.1) is 6.07 Å². The van der Waals surface area contributed by atoms with Crippen LogP contribution in [-0.4, -0.2) is 0 Å². The summed E-state index contributed by atoms with van der Waals surface area (Å²) in [7, 11) is 0. The van der Waals surface area contributed by atoms with Gasteiger partial charge in [0.15, 0.2) is 0 Å². The van der Waals surface area contributed by atoms with Gasteiger partial charge >= 0.3 is 0 Å². The highest BCUT2D eigenvalue weighted by Crippen LogP contribution is 2.28. The van der Waals surface area contributed by atoms with E-state index < -0.39 is 0 Å². The molecule has 0 aromatic heterocycles. The Hall–Kier alpha value is -1.79. The van der Waals surface area contributed by atoms with E-state index in [0.717, 1.165) is 26.9 Å². The zero-order valence-electron chi connectivity index (χ0n) is 9.15. The van der Waals surface area contributed by atoms with Crippen LogP contribution in [0.5, 0.6) is 0 Å². The van der Waals surface area contributed by atoms with Crippen LogP contribution < -0.4 is 0 Å². The summed E-state index contributed by atoms with van der Waals surface area (Å²) in [6.07, 6.45) is 0. The molecule has 0 unspecified atom stereocenters. The fourth-order valence-electron chi connectivity index (χ4n) is 1.97. The van der Waals surface area contributed by atoms with Gasteiger partial charge in [-0.15, -0.1) is 0 Å². The Morgan fingerprint density at radius 1 is 0.882 bits per heavy atom. The van der Waals surface area contributed by atoms with Crippen molar-refractivity contribution in [3.05, 3.63) is 71.8 Å². The largest absolute Gasteiger partial charge is 0.0837 e. The lowest BCUT2D eigenvalue weighted by atomic mass is 10.0. The van der Waals surface area contributed by atoms with Crippen LogP contribution in [0.4, 0.5) is 0 Å². The molecule has 3 rings (SSSR count). The summed E-state index contributed by atoms with van der Waals surface area (Å²) in [5.41, 5.74) is 2.24. The molecule has 0 spiro atoms. The molecule has 3 aromatic carbocycles. The molecule has 0 aliphatic rings. The molecule has 0 saturated carbocycles. The SMILES string of the molecule is Clc1cccc2ccc(-c3[c]cccc3)cc12. The van der Waals surface area contributed by atoms with Crippen molar-refractivity contribution in [2.75, 3.05) is 0 Å². The molecule has 1 heteroatoms. The summed E-state index contributed by atoms with van der Waals surface area (Å²) in [4.78, 5) is 0. The molecule has 0 fully saturated rings. The average molecular weight is 238 g/mol. The highest BCUT2D eigenvalue weighted by atomic mass is 35.5. The third kappa shape index (κ3) is 1.92. The van der Waals surface area contributed by atoms with Gasteiger partial charge in [-0.2, -0.15) is 0 Å². The van der Waals surface area contributed by atoms with Crippen LogP contribution in [0.25, 0.3) is 21.9 Å². The summed E-state index contributed by atoms with van der Waals surface area (Å²) in [6.45, 7) is 0. The van der Waals surface area contributed by atoms with Crippen molar-refractivity contribution in [3.8, 4) is 11.1 Å². The van der Waals surface area contributed by atoms with Crippen LogP contribution in [0.15, 0.2) is 60.7 Å². The van der Waals surface area contributed by atoms with E-state index in [-0.39, 0.29) is 0 Å². The second kappa shape index (κ2) is 4.23.